The van der Waals surface area contributed by atoms with Gasteiger partial charge in [-0.1, -0.05) is 48.5 Å². The Morgan fingerprint density at radius 2 is 1.58 bits per heavy atom. The SMILES string of the molecule is CN(C)C(=O)C1CCN(C(=O)Nc2ccccc2-c2ccccc2)CC1. The van der Waals surface area contributed by atoms with Crippen LogP contribution in [-0.4, -0.2) is 48.9 Å². The van der Waals surface area contributed by atoms with E-state index < -0.39 is 0 Å². The minimum Gasteiger partial charge on any atom is -0.349 e. The van der Waals surface area contributed by atoms with Crippen molar-refractivity contribution in [1.82, 2.24) is 9.80 Å². The molecular formula is C21H25N3O2. The first-order valence-corrected chi connectivity index (χ1v) is 8.98. The summed E-state index contributed by atoms with van der Waals surface area (Å²) >= 11 is 0. The van der Waals surface area contributed by atoms with Crippen molar-refractivity contribution in [1.29, 1.82) is 0 Å². The lowest BCUT2D eigenvalue weighted by atomic mass is 9.96. The van der Waals surface area contributed by atoms with Gasteiger partial charge >= 0.3 is 6.03 Å². The highest BCUT2D eigenvalue weighted by molar-refractivity contribution is 5.94. The molecule has 0 aromatic heterocycles. The molecule has 136 valence electrons. The van der Waals surface area contributed by atoms with Crippen molar-refractivity contribution in [3.05, 3.63) is 54.6 Å². The average Bonchev–Trinajstić information content (AvgIpc) is 2.68. The van der Waals surface area contributed by atoms with Crippen LogP contribution in [0.1, 0.15) is 12.8 Å². The number of carbonyl (C=O) groups is 2. The fourth-order valence-corrected chi connectivity index (χ4v) is 3.35. The quantitative estimate of drug-likeness (QED) is 0.917. The molecule has 1 aliphatic heterocycles. The molecule has 0 unspecified atom stereocenters. The fourth-order valence-electron chi connectivity index (χ4n) is 3.35. The summed E-state index contributed by atoms with van der Waals surface area (Å²) in [5.74, 6) is 0.171. The second kappa shape index (κ2) is 8.04. The van der Waals surface area contributed by atoms with E-state index in [1.54, 1.807) is 23.9 Å². The smallest absolute Gasteiger partial charge is 0.321 e. The molecule has 26 heavy (non-hydrogen) atoms. The summed E-state index contributed by atoms with van der Waals surface area (Å²) in [6.07, 6.45) is 1.43. The molecule has 1 saturated heterocycles. The molecule has 0 radical (unpaired) electrons. The Balaban J connectivity index is 1.66. The molecule has 1 aliphatic rings. The number of nitrogens with zero attached hydrogens (tertiary/aromatic N) is 2. The minimum absolute atomic E-state index is 0.0191. The molecule has 3 amide bonds. The number of piperidine rings is 1. The van der Waals surface area contributed by atoms with Crippen molar-refractivity contribution in [2.75, 3.05) is 32.5 Å². The van der Waals surface area contributed by atoms with Crippen LogP contribution in [0.2, 0.25) is 0 Å². The van der Waals surface area contributed by atoms with Gasteiger partial charge in [0.05, 0.1) is 5.69 Å². The number of hydrogen-bond acceptors (Lipinski definition) is 2. The molecule has 0 saturated carbocycles. The van der Waals surface area contributed by atoms with Gasteiger partial charge in [0, 0.05) is 38.7 Å². The summed E-state index contributed by atoms with van der Waals surface area (Å²) in [4.78, 5) is 28.2. The van der Waals surface area contributed by atoms with Crippen LogP contribution in [0.25, 0.3) is 11.1 Å². The molecule has 1 fully saturated rings. The third-order valence-corrected chi connectivity index (χ3v) is 4.83. The van der Waals surface area contributed by atoms with Gasteiger partial charge in [-0.3, -0.25) is 4.79 Å². The van der Waals surface area contributed by atoms with Gasteiger partial charge in [0.2, 0.25) is 5.91 Å². The fraction of sp³-hybridized carbons (Fsp3) is 0.333. The van der Waals surface area contributed by atoms with Crippen LogP contribution in [-0.2, 0) is 4.79 Å². The summed E-state index contributed by atoms with van der Waals surface area (Å²) in [5, 5.41) is 3.04. The predicted molar refractivity (Wildman–Crippen MR) is 104 cm³/mol. The van der Waals surface area contributed by atoms with Crippen molar-refractivity contribution in [3.8, 4) is 11.1 Å². The van der Waals surface area contributed by atoms with Crippen LogP contribution >= 0.6 is 0 Å². The monoisotopic (exact) mass is 351 g/mol. The molecule has 0 spiro atoms. The van der Waals surface area contributed by atoms with E-state index in [-0.39, 0.29) is 17.9 Å². The van der Waals surface area contributed by atoms with Crippen LogP contribution < -0.4 is 5.32 Å². The molecule has 2 aromatic carbocycles. The zero-order chi connectivity index (χ0) is 18.5. The van der Waals surface area contributed by atoms with E-state index in [1.807, 2.05) is 54.6 Å². The van der Waals surface area contributed by atoms with Crippen molar-refractivity contribution < 1.29 is 9.59 Å². The molecule has 0 aliphatic carbocycles. The van der Waals surface area contributed by atoms with Gasteiger partial charge in [-0.25, -0.2) is 4.79 Å². The third-order valence-electron chi connectivity index (χ3n) is 4.83. The first-order chi connectivity index (χ1) is 12.6. The lowest BCUT2D eigenvalue weighted by molar-refractivity contribution is -0.134. The number of hydrogen-bond donors (Lipinski definition) is 1. The van der Waals surface area contributed by atoms with Crippen molar-refractivity contribution in [2.45, 2.75) is 12.8 Å². The molecule has 0 bridgehead atoms. The second-order valence-corrected chi connectivity index (χ2v) is 6.84. The Morgan fingerprint density at radius 1 is 0.962 bits per heavy atom. The standard InChI is InChI=1S/C21H25N3O2/c1-23(2)20(25)17-12-14-24(15-13-17)21(26)22-19-11-7-6-10-18(19)16-8-4-3-5-9-16/h3-11,17H,12-15H2,1-2H3,(H,22,26). The molecule has 5 nitrogen and oxygen atoms in total. The Hall–Kier alpha value is -2.82. The predicted octanol–water partition coefficient (Wildman–Crippen LogP) is 3.69. The number of likely N-dealkylation sites (tertiary alicyclic amines) is 1. The van der Waals surface area contributed by atoms with Gasteiger partial charge in [-0.15, -0.1) is 0 Å². The normalized spacial score (nSPS) is 14.8. The zero-order valence-electron chi connectivity index (χ0n) is 15.3. The maximum Gasteiger partial charge on any atom is 0.321 e. The summed E-state index contributed by atoms with van der Waals surface area (Å²) in [6.45, 7) is 1.20. The van der Waals surface area contributed by atoms with E-state index in [0.29, 0.717) is 25.9 Å². The van der Waals surface area contributed by atoms with Crippen molar-refractivity contribution in [2.24, 2.45) is 5.92 Å². The Kier molecular flexibility index (Phi) is 5.56. The number of para-hydroxylation sites is 1. The van der Waals surface area contributed by atoms with E-state index in [2.05, 4.69) is 5.32 Å². The van der Waals surface area contributed by atoms with Crippen LogP contribution in [0, 0.1) is 5.92 Å². The number of nitrogens with one attached hydrogen (secondary N) is 1. The largest absolute Gasteiger partial charge is 0.349 e. The Bertz CT molecular complexity index is 766. The molecule has 1 heterocycles. The van der Waals surface area contributed by atoms with Gasteiger partial charge in [0.25, 0.3) is 0 Å². The van der Waals surface area contributed by atoms with E-state index in [0.717, 1.165) is 16.8 Å². The average molecular weight is 351 g/mol. The maximum absolute atomic E-state index is 12.7. The first-order valence-electron chi connectivity index (χ1n) is 8.98. The maximum atomic E-state index is 12.7. The molecule has 5 heteroatoms. The van der Waals surface area contributed by atoms with E-state index in [1.165, 1.54) is 0 Å². The first kappa shape index (κ1) is 18.0. The molecule has 1 N–H and O–H groups in total. The number of anilines is 1. The van der Waals surface area contributed by atoms with Crippen molar-refractivity contribution >= 4 is 17.6 Å². The highest BCUT2D eigenvalue weighted by Gasteiger charge is 2.28. The summed E-state index contributed by atoms with van der Waals surface area (Å²) < 4.78 is 0. The Labute approximate surface area is 154 Å². The highest BCUT2D eigenvalue weighted by atomic mass is 16.2. The minimum atomic E-state index is -0.107. The number of carbonyl (C=O) groups excluding carboxylic acids is 2. The number of amides is 3. The topological polar surface area (TPSA) is 52.7 Å². The highest BCUT2D eigenvalue weighted by Crippen LogP contribution is 2.28. The Morgan fingerprint density at radius 3 is 2.23 bits per heavy atom. The molecule has 3 rings (SSSR count). The van der Waals surface area contributed by atoms with Gasteiger partial charge < -0.3 is 15.1 Å². The van der Waals surface area contributed by atoms with E-state index in [4.69, 9.17) is 0 Å². The van der Waals surface area contributed by atoms with Crippen LogP contribution in [0.15, 0.2) is 54.6 Å². The number of urea groups is 1. The third kappa shape index (κ3) is 4.04. The molecule has 2 aromatic rings. The van der Waals surface area contributed by atoms with Crippen LogP contribution in [0.4, 0.5) is 10.5 Å². The van der Waals surface area contributed by atoms with Crippen LogP contribution in [0.5, 0.6) is 0 Å². The summed E-state index contributed by atoms with van der Waals surface area (Å²) in [7, 11) is 3.56. The van der Waals surface area contributed by atoms with E-state index in [9.17, 15) is 9.59 Å². The molecule has 0 atom stereocenters. The number of benzene rings is 2. The lowest BCUT2D eigenvalue weighted by Gasteiger charge is -2.32. The van der Waals surface area contributed by atoms with E-state index >= 15 is 0 Å². The summed E-state index contributed by atoms with van der Waals surface area (Å²) in [6, 6.07) is 17.7. The van der Waals surface area contributed by atoms with Crippen LogP contribution in [0.3, 0.4) is 0 Å². The van der Waals surface area contributed by atoms with Gasteiger partial charge in [0.1, 0.15) is 0 Å². The number of rotatable bonds is 3. The van der Waals surface area contributed by atoms with Crippen molar-refractivity contribution in [3.63, 3.8) is 0 Å². The second-order valence-electron chi connectivity index (χ2n) is 6.84. The van der Waals surface area contributed by atoms with Gasteiger partial charge in [0.15, 0.2) is 0 Å². The lowest BCUT2D eigenvalue weighted by Crippen LogP contribution is -2.44. The molecular weight excluding hydrogens is 326 g/mol. The zero-order valence-corrected chi connectivity index (χ0v) is 15.3. The summed E-state index contributed by atoms with van der Waals surface area (Å²) in [5.41, 5.74) is 2.87. The van der Waals surface area contributed by atoms with Gasteiger partial charge in [-0.05, 0) is 24.5 Å². The van der Waals surface area contributed by atoms with Gasteiger partial charge in [-0.2, -0.15) is 0 Å².